The molecule has 0 aliphatic carbocycles. The Morgan fingerprint density at radius 2 is 1.88 bits per heavy atom. The first-order valence-corrected chi connectivity index (χ1v) is 11.4. The standard InChI is InChI=1S/C24H28ClN3O4/c25-19-6-8-21(9-7-19)31-16-14-27-10-12-28(13-11-27)24(30)18-3-1-4-20(17-18)26-23(29)22-5-2-15-32-22/h1,3-4,6-9,17,22H,2,5,10-16H2,(H,26,29)/t22-/m1/s1. The van der Waals surface area contributed by atoms with Crippen molar-refractivity contribution >= 4 is 29.1 Å². The molecule has 0 aromatic heterocycles. The minimum absolute atomic E-state index is 0.0183. The lowest BCUT2D eigenvalue weighted by Gasteiger charge is -2.34. The molecule has 2 heterocycles. The summed E-state index contributed by atoms with van der Waals surface area (Å²) in [6.45, 7) is 4.92. The van der Waals surface area contributed by atoms with Gasteiger partial charge >= 0.3 is 0 Å². The summed E-state index contributed by atoms with van der Waals surface area (Å²) < 4.78 is 11.2. The van der Waals surface area contributed by atoms with Gasteiger partial charge in [-0.1, -0.05) is 17.7 Å². The van der Waals surface area contributed by atoms with Crippen LogP contribution in [0.15, 0.2) is 48.5 Å². The Labute approximate surface area is 193 Å². The summed E-state index contributed by atoms with van der Waals surface area (Å²) in [6, 6.07) is 14.4. The minimum Gasteiger partial charge on any atom is -0.492 e. The van der Waals surface area contributed by atoms with Crippen LogP contribution in [0, 0.1) is 0 Å². The van der Waals surface area contributed by atoms with Crippen LogP contribution >= 0.6 is 11.6 Å². The van der Waals surface area contributed by atoms with E-state index in [1.807, 2.05) is 29.2 Å². The first kappa shape index (κ1) is 22.6. The molecule has 2 aliphatic rings. The van der Waals surface area contributed by atoms with Gasteiger partial charge < -0.3 is 19.7 Å². The average molecular weight is 458 g/mol. The first-order chi connectivity index (χ1) is 15.6. The number of anilines is 1. The van der Waals surface area contributed by atoms with Crippen molar-refractivity contribution in [3.63, 3.8) is 0 Å². The highest BCUT2D eigenvalue weighted by Crippen LogP contribution is 2.18. The number of nitrogens with one attached hydrogen (secondary N) is 1. The molecule has 2 aromatic rings. The predicted molar refractivity (Wildman–Crippen MR) is 123 cm³/mol. The quantitative estimate of drug-likeness (QED) is 0.690. The summed E-state index contributed by atoms with van der Waals surface area (Å²) in [5, 5.41) is 3.55. The van der Waals surface area contributed by atoms with Crippen LogP contribution in [0.5, 0.6) is 5.75 Å². The molecule has 2 fully saturated rings. The molecule has 4 rings (SSSR count). The Balaban J connectivity index is 1.23. The Bertz CT molecular complexity index is 923. The number of hydrogen-bond donors (Lipinski definition) is 1. The monoisotopic (exact) mass is 457 g/mol. The van der Waals surface area contributed by atoms with Crippen molar-refractivity contribution in [3.05, 3.63) is 59.1 Å². The van der Waals surface area contributed by atoms with Crippen LogP contribution in [0.3, 0.4) is 0 Å². The number of benzene rings is 2. The summed E-state index contributed by atoms with van der Waals surface area (Å²) >= 11 is 5.89. The molecule has 8 heteroatoms. The van der Waals surface area contributed by atoms with E-state index in [-0.39, 0.29) is 11.8 Å². The van der Waals surface area contributed by atoms with E-state index in [1.54, 1.807) is 24.3 Å². The van der Waals surface area contributed by atoms with Crippen LogP contribution in [0.2, 0.25) is 5.02 Å². The number of carbonyl (C=O) groups is 2. The Morgan fingerprint density at radius 1 is 1.09 bits per heavy atom. The van der Waals surface area contributed by atoms with Gasteiger partial charge in [-0.25, -0.2) is 0 Å². The largest absolute Gasteiger partial charge is 0.492 e. The topological polar surface area (TPSA) is 71.1 Å². The van der Waals surface area contributed by atoms with E-state index in [4.69, 9.17) is 21.1 Å². The summed E-state index contributed by atoms with van der Waals surface area (Å²) in [5.74, 6) is 0.631. The molecular weight excluding hydrogens is 430 g/mol. The number of piperazine rings is 1. The first-order valence-electron chi connectivity index (χ1n) is 11.0. The van der Waals surface area contributed by atoms with Gasteiger partial charge in [0.2, 0.25) is 0 Å². The molecule has 2 saturated heterocycles. The lowest BCUT2D eigenvalue weighted by Crippen LogP contribution is -2.49. The van der Waals surface area contributed by atoms with E-state index in [1.165, 1.54) is 0 Å². The lowest BCUT2D eigenvalue weighted by molar-refractivity contribution is -0.124. The number of nitrogens with zero attached hydrogens (tertiary/aromatic N) is 2. The summed E-state index contributed by atoms with van der Waals surface area (Å²) in [6.07, 6.45) is 1.24. The molecule has 1 N–H and O–H groups in total. The van der Waals surface area contributed by atoms with Gasteiger partial charge in [-0.15, -0.1) is 0 Å². The SMILES string of the molecule is O=C(Nc1cccc(C(=O)N2CCN(CCOc3ccc(Cl)cc3)CC2)c1)[C@H]1CCCO1. The average Bonchev–Trinajstić information content (AvgIpc) is 3.36. The zero-order valence-electron chi connectivity index (χ0n) is 18.0. The Hall–Kier alpha value is -2.61. The minimum atomic E-state index is -0.397. The maximum atomic E-state index is 13.0. The van der Waals surface area contributed by atoms with E-state index in [2.05, 4.69) is 10.2 Å². The second-order valence-electron chi connectivity index (χ2n) is 8.01. The molecule has 0 radical (unpaired) electrons. The van der Waals surface area contributed by atoms with Crippen molar-refractivity contribution in [1.29, 1.82) is 0 Å². The highest BCUT2D eigenvalue weighted by atomic mass is 35.5. The van der Waals surface area contributed by atoms with Crippen molar-refractivity contribution < 1.29 is 19.1 Å². The van der Waals surface area contributed by atoms with Gasteiger partial charge in [-0.05, 0) is 55.3 Å². The van der Waals surface area contributed by atoms with Crippen molar-refractivity contribution in [2.45, 2.75) is 18.9 Å². The van der Waals surface area contributed by atoms with E-state index >= 15 is 0 Å². The van der Waals surface area contributed by atoms with Crippen LogP contribution < -0.4 is 10.1 Å². The maximum absolute atomic E-state index is 13.0. The smallest absolute Gasteiger partial charge is 0.254 e. The van der Waals surface area contributed by atoms with E-state index < -0.39 is 6.10 Å². The van der Waals surface area contributed by atoms with E-state index in [0.29, 0.717) is 42.6 Å². The Kier molecular flexibility index (Phi) is 7.63. The number of halogens is 1. The third-order valence-electron chi connectivity index (χ3n) is 5.75. The maximum Gasteiger partial charge on any atom is 0.254 e. The molecule has 7 nitrogen and oxygen atoms in total. The number of rotatable bonds is 7. The van der Waals surface area contributed by atoms with Crippen LogP contribution in [0.25, 0.3) is 0 Å². The van der Waals surface area contributed by atoms with Gasteiger partial charge in [0.15, 0.2) is 0 Å². The number of carbonyl (C=O) groups excluding carboxylic acids is 2. The molecule has 0 unspecified atom stereocenters. The molecule has 2 amide bonds. The Morgan fingerprint density at radius 3 is 2.59 bits per heavy atom. The predicted octanol–water partition coefficient (Wildman–Crippen LogP) is 3.29. The molecule has 2 aromatic carbocycles. The second-order valence-corrected chi connectivity index (χ2v) is 8.44. The third kappa shape index (κ3) is 6.00. The molecule has 170 valence electrons. The molecule has 32 heavy (non-hydrogen) atoms. The van der Waals surface area contributed by atoms with E-state index in [9.17, 15) is 9.59 Å². The normalized spacial score (nSPS) is 19.0. The van der Waals surface area contributed by atoms with Crippen LogP contribution in [-0.4, -0.2) is 73.7 Å². The summed E-state index contributed by atoms with van der Waals surface area (Å²) in [5.41, 5.74) is 1.20. The van der Waals surface area contributed by atoms with Gasteiger partial charge in [0.25, 0.3) is 11.8 Å². The van der Waals surface area contributed by atoms with Crippen molar-refractivity contribution in [2.75, 3.05) is 51.3 Å². The molecule has 0 spiro atoms. The molecule has 2 aliphatic heterocycles. The molecule has 0 saturated carbocycles. The number of ether oxygens (including phenoxy) is 2. The molecule has 1 atom stereocenters. The lowest BCUT2D eigenvalue weighted by atomic mass is 10.1. The fourth-order valence-electron chi connectivity index (χ4n) is 3.92. The fourth-order valence-corrected chi connectivity index (χ4v) is 4.04. The highest BCUT2D eigenvalue weighted by molar-refractivity contribution is 6.30. The number of amides is 2. The second kappa shape index (κ2) is 10.8. The highest BCUT2D eigenvalue weighted by Gasteiger charge is 2.25. The fraction of sp³-hybridized carbons (Fsp3) is 0.417. The van der Waals surface area contributed by atoms with Crippen molar-refractivity contribution in [1.82, 2.24) is 9.80 Å². The zero-order chi connectivity index (χ0) is 22.3. The summed E-state index contributed by atoms with van der Waals surface area (Å²) in [4.78, 5) is 29.4. The third-order valence-corrected chi connectivity index (χ3v) is 6.00. The van der Waals surface area contributed by atoms with Gasteiger partial charge in [0, 0.05) is 55.6 Å². The molecule has 0 bridgehead atoms. The van der Waals surface area contributed by atoms with Gasteiger partial charge in [-0.2, -0.15) is 0 Å². The number of hydrogen-bond acceptors (Lipinski definition) is 5. The van der Waals surface area contributed by atoms with Gasteiger partial charge in [0.05, 0.1) is 0 Å². The zero-order valence-corrected chi connectivity index (χ0v) is 18.7. The van der Waals surface area contributed by atoms with E-state index in [0.717, 1.165) is 38.2 Å². The van der Waals surface area contributed by atoms with Gasteiger partial charge in [-0.3, -0.25) is 14.5 Å². The summed E-state index contributed by atoms with van der Waals surface area (Å²) in [7, 11) is 0. The van der Waals surface area contributed by atoms with Crippen molar-refractivity contribution in [3.8, 4) is 5.75 Å². The van der Waals surface area contributed by atoms with Crippen LogP contribution in [0.1, 0.15) is 23.2 Å². The van der Waals surface area contributed by atoms with Crippen molar-refractivity contribution in [2.24, 2.45) is 0 Å². The van der Waals surface area contributed by atoms with Crippen LogP contribution in [-0.2, 0) is 9.53 Å². The van der Waals surface area contributed by atoms with Crippen LogP contribution in [0.4, 0.5) is 5.69 Å². The van der Waals surface area contributed by atoms with Gasteiger partial charge in [0.1, 0.15) is 18.5 Å². The molecular formula is C24H28ClN3O4.